The summed E-state index contributed by atoms with van der Waals surface area (Å²) in [7, 11) is 0. The number of rotatable bonds is 6. The minimum atomic E-state index is 1.07. The van der Waals surface area contributed by atoms with Crippen LogP contribution in [0.15, 0.2) is 207 Å². The second-order valence-corrected chi connectivity index (χ2v) is 14.2. The van der Waals surface area contributed by atoms with Crippen molar-refractivity contribution in [1.82, 2.24) is 0 Å². The highest BCUT2D eigenvalue weighted by atomic mass is 14.2. The lowest BCUT2D eigenvalue weighted by Gasteiger charge is -2.18. The molecule has 10 aromatic rings. The van der Waals surface area contributed by atoms with Gasteiger partial charge in [-0.15, -0.1) is 0 Å². The fourth-order valence-electron chi connectivity index (χ4n) is 8.46. The first-order valence-electron chi connectivity index (χ1n) is 18.6. The van der Waals surface area contributed by atoms with Crippen LogP contribution < -0.4 is 0 Å². The molecule has 0 aromatic heterocycles. The van der Waals surface area contributed by atoms with Gasteiger partial charge < -0.3 is 0 Å². The van der Waals surface area contributed by atoms with Crippen LogP contribution in [0, 0.1) is 0 Å². The highest BCUT2D eigenvalue weighted by molar-refractivity contribution is 6.22. The molecule has 0 amide bonds. The minimum absolute atomic E-state index is 1.07. The van der Waals surface area contributed by atoms with E-state index in [4.69, 9.17) is 0 Å². The van der Waals surface area contributed by atoms with E-state index in [1.165, 1.54) is 98.0 Å². The topological polar surface area (TPSA) is 0 Å². The minimum Gasteiger partial charge on any atom is -0.0990 e. The third-order valence-corrected chi connectivity index (χ3v) is 11.1. The third kappa shape index (κ3) is 5.31. The van der Waals surface area contributed by atoms with Gasteiger partial charge in [0.15, 0.2) is 0 Å². The zero-order valence-corrected chi connectivity index (χ0v) is 29.9. The molecule has 0 aliphatic rings. The predicted molar refractivity (Wildman–Crippen MR) is 236 cm³/mol. The van der Waals surface area contributed by atoms with Crippen LogP contribution in [0.2, 0.25) is 0 Å². The number of hydrogen-bond acceptors (Lipinski definition) is 0. The number of benzene rings is 10. The fourth-order valence-corrected chi connectivity index (χ4v) is 8.46. The van der Waals surface area contributed by atoms with Crippen LogP contribution >= 0.6 is 0 Å². The van der Waals surface area contributed by atoms with Gasteiger partial charge in [-0.05, 0) is 158 Å². The van der Waals surface area contributed by atoms with Crippen molar-refractivity contribution in [3.05, 3.63) is 213 Å². The van der Waals surface area contributed by atoms with Crippen LogP contribution in [0.3, 0.4) is 0 Å². The van der Waals surface area contributed by atoms with Crippen LogP contribution in [0.4, 0.5) is 0 Å². The lowest BCUT2D eigenvalue weighted by molar-refractivity contribution is 1.65. The molecule has 54 heavy (non-hydrogen) atoms. The summed E-state index contributed by atoms with van der Waals surface area (Å²) in [6.07, 6.45) is 5.71. The molecular weight excluding hydrogens is 649 g/mol. The molecule has 0 atom stereocenters. The summed E-state index contributed by atoms with van der Waals surface area (Å²) >= 11 is 0. The first kappa shape index (κ1) is 31.7. The molecule has 0 saturated heterocycles. The van der Waals surface area contributed by atoms with Gasteiger partial charge in [0.05, 0.1) is 0 Å². The van der Waals surface area contributed by atoms with Gasteiger partial charge in [-0.3, -0.25) is 0 Å². The van der Waals surface area contributed by atoms with Gasteiger partial charge in [0.1, 0.15) is 0 Å². The Morgan fingerprint density at radius 3 is 1.20 bits per heavy atom. The lowest BCUT2D eigenvalue weighted by Crippen LogP contribution is -1.91. The number of fused-ring (bicyclic) bond motifs is 6. The van der Waals surface area contributed by atoms with E-state index in [1.807, 2.05) is 18.2 Å². The SMILES string of the molecule is C=C/C=C(\C=C)c1ccc2cc3cc(-c4c5ccccc5c(-c5ccc6cc7cc(-c8ccccc8)ccc7cc6c5)c5ccccc45)ccc3cc2c1. The average Bonchev–Trinajstić information content (AvgIpc) is 3.22. The predicted octanol–water partition coefficient (Wildman–Crippen LogP) is 15.4. The van der Waals surface area contributed by atoms with Crippen LogP contribution in [-0.4, -0.2) is 0 Å². The Morgan fingerprint density at radius 1 is 0.333 bits per heavy atom. The summed E-state index contributed by atoms with van der Waals surface area (Å²) in [5.41, 5.74) is 9.69. The molecule has 0 N–H and O–H groups in total. The highest BCUT2D eigenvalue weighted by Crippen LogP contribution is 2.45. The van der Waals surface area contributed by atoms with Crippen LogP contribution in [-0.2, 0) is 0 Å². The summed E-state index contributed by atoms with van der Waals surface area (Å²) in [6, 6.07) is 65.1. The van der Waals surface area contributed by atoms with Gasteiger partial charge >= 0.3 is 0 Å². The Hall–Kier alpha value is -7.02. The van der Waals surface area contributed by atoms with Crippen molar-refractivity contribution in [1.29, 1.82) is 0 Å². The van der Waals surface area contributed by atoms with Gasteiger partial charge in [-0.25, -0.2) is 0 Å². The molecule has 0 aliphatic carbocycles. The molecular formula is C54H36. The average molecular weight is 685 g/mol. The van der Waals surface area contributed by atoms with E-state index in [-0.39, 0.29) is 0 Å². The summed E-state index contributed by atoms with van der Waals surface area (Å²) in [5.74, 6) is 0. The Kier molecular flexibility index (Phi) is 7.56. The molecule has 0 aliphatic heterocycles. The molecule has 0 saturated carbocycles. The first-order chi connectivity index (χ1) is 26.6. The zero-order valence-electron chi connectivity index (χ0n) is 29.9. The second-order valence-electron chi connectivity index (χ2n) is 14.2. The molecule has 0 unspecified atom stereocenters. The molecule has 0 heteroatoms. The Labute approximate surface area is 315 Å². The Morgan fingerprint density at radius 2 is 0.741 bits per heavy atom. The standard InChI is InChI=1S/C54H36/c1-3-12-35(4-2)37-19-21-39-31-47-33-43(25-23-41(47)29-45(39)27-37)53-49-15-8-10-17-51(49)54(52-18-11-9-16-50(52)53)44-26-24-42-30-46-28-38(36-13-6-5-7-14-36)20-22-40(46)32-48(42)34-44/h3-34H,1-2H2/b35-12+. The third-order valence-electron chi connectivity index (χ3n) is 11.1. The number of allylic oxidation sites excluding steroid dienone is 4. The molecule has 252 valence electrons. The normalized spacial score (nSPS) is 12.0. The summed E-state index contributed by atoms with van der Waals surface area (Å²) in [4.78, 5) is 0. The van der Waals surface area contributed by atoms with Crippen LogP contribution in [0.5, 0.6) is 0 Å². The Bertz CT molecular complexity index is 3120. The molecule has 0 spiro atoms. The maximum atomic E-state index is 4.01. The van der Waals surface area contributed by atoms with E-state index >= 15 is 0 Å². The molecule has 0 bridgehead atoms. The van der Waals surface area contributed by atoms with Crippen LogP contribution in [0.25, 0.3) is 104 Å². The quantitative estimate of drug-likeness (QED) is 0.121. The zero-order chi connectivity index (χ0) is 36.2. The van der Waals surface area contributed by atoms with E-state index in [0.717, 1.165) is 11.1 Å². The smallest absolute Gasteiger partial charge is 0.00262 e. The maximum absolute atomic E-state index is 4.01. The Balaban J connectivity index is 1.12. The fraction of sp³-hybridized carbons (Fsp3) is 0. The summed E-state index contributed by atoms with van der Waals surface area (Å²) in [6.45, 7) is 7.88. The van der Waals surface area contributed by atoms with E-state index in [0.29, 0.717) is 0 Å². The number of hydrogen-bond donors (Lipinski definition) is 0. The highest BCUT2D eigenvalue weighted by Gasteiger charge is 2.17. The van der Waals surface area contributed by atoms with Crippen molar-refractivity contribution in [2.45, 2.75) is 0 Å². The maximum Gasteiger partial charge on any atom is -0.00262 e. The largest absolute Gasteiger partial charge is 0.0990 e. The van der Waals surface area contributed by atoms with E-state index in [9.17, 15) is 0 Å². The van der Waals surface area contributed by atoms with E-state index in [2.05, 4.69) is 189 Å². The summed E-state index contributed by atoms with van der Waals surface area (Å²) in [5, 5.41) is 14.9. The molecule has 10 aromatic carbocycles. The van der Waals surface area contributed by atoms with Gasteiger partial charge in [0.2, 0.25) is 0 Å². The molecule has 10 rings (SSSR count). The van der Waals surface area contributed by atoms with Gasteiger partial charge in [-0.2, -0.15) is 0 Å². The van der Waals surface area contributed by atoms with Gasteiger partial charge in [-0.1, -0.05) is 159 Å². The van der Waals surface area contributed by atoms with Crippen molar-refractivity contribution < 1.29 is 0 Å². The van der Waals surface area contributed by atoms with E-state index < -0.39 is 0 Å². The van der Waals surface area contributed by atoms with Crippen molar-refractivity contribution in [3.63, 3.8) is 0 Å². The second kappa shape index (κ2) is 12.9. The van der Waals surface area contributed by atoms with Crippen molar-refractivity contribution in [2.75, 3.05) is 0 Å². The van der Waals surface area contributed by atoms with Crippen molar-refractivity contribution in [3.8, 4) is 33.4 Å². The monoisotopic (exact) mass is 684 g/mol. The summed E-state index contributed by atoms with van der Waals surface area (Å²) < 4.78 is 0. The van der Waals surface area contributed by atoms with Crippen LogP contribution in [0.1, 0.15) is 5.56 Å². The lowest BCUT2D eigenvalue weighted by atomic mass is 9.85. The first-order valence-corrected chi connectivity index (χ1v) is 18.6. The van der Waals surface area contributed by atoms with Gasteiger partial charge in [0, 0.05) is 0 Å². The van der Waals surface area contributed by atoms with E-state index in [1.54, 1.807) is 0 Å². The molecule has 0 fully saturated rings. The van der Waals surface area contributed by atoms with Gasteiger partial charge in [0.25, 0.3) is 0 Å². The van der Waals surface area contributed by atoms with Crippen molar-refractivity contribution >= 4 is 70.2 Å². The van der Waals surface area contributed by atoms with Crippen molar-refractivity contribution in [2.24, 2.45) is 0 Å². The molecule has 0 nitrogen and oxygen atoms in total. The molecule has 0 radical (unpaired) electrons. The molecule has 0 heterocycles.